The van der Waals surface area contributed by atoms with Crippen LogP contribution in [0.15, 0.2) is 30.6 Å². The summed E-state index contributed by atoms with van der Waals surface area (Å²) < 4.78 is 2.20. The van der Waals surface area contributed by atoms with Gasteiger partial charge in [0.05, 0.1) is 0 Å². The average molecular weight is 352 g/mol. The van der Waals surface area contributed by atoms with E-state index < -0.39 is 0 Å². The number of aromatic nitrogens is 3. The van der Waals surface area contributed by atoms with Gasteiger partial charge in [0.2, 0.25) is 0 Å². The standard InChI is InChI=1S/C21H28N4O/c1-15(2)11-25-14-22-23-19(25)18-12-24(13-21(18)8-5-9-21)20(26)17-7-4-6-16(3)10-17/h4,6-7,10,14-15,18H,5,8-9,11-13H2,1-3H3. The normalized spacial score (nSPS) is 21.4. The molecule has 1 saturated heterocycles. The minimum Gasteiger partial charge on any atom is -0.337 e. The van der Waals surface area contributed by atoms with Crippen LogP contribution < -0.4 is 0 Å². The topological polar surface area (TPSA) is 51.0 Å². The molecule has 2 heterocycles. The molecule has 0 bridgehead atoms. The molecule has 1 amide bonds. The molecule has 2 fully saturated rings. The maximum atomic E-state index is 13.1. The van der Waals surface area contributed by atoms with Crippen LogP contribution in [0.4, 0.5) is 0 Å². The van der Waals surface area contributed by atoms with E-state index in [-0.39, 0.29) is 11.3 Å². The number of hydrogen-bond donors (Lipinski definition) is 0. The minimum atomic E-state index is 0.150. The lowest BCUT2D eigenvalue weighted by molar-refractivity contribution is 0.0723. The van der Waals surface area contributed by atoms with E-state index in [0.29, 0.717) is 11.8 Å². The summed E-state index contributed by atoms with van der Waals surface area (Å²) in [6, 6.07) is 7.92. The van der Waals surface area contributed by atoms with Crippen LogP contribution in [0.5, 0.6) is 0 Å². The fourth-order valence-corrected chi connectivity index (χ4v) is 4.65. The van der Waals surface area contributed by atoms with E-state index in [2.05, 4.69) is 28.6 Å². The van der Waals surface area contributed by atoms with Crippen molar-refractivity contribution in [1.29, 1.82) is 0 Å². The third kappa shape index (κ3) is 2.93. The largest absolute Gasteiger partial charge is 0.337 e. The van der Waals surface area contributed by atoms with E-state index in [4.69, 9.17) is 0 Å². The molecule has 1 aliphatic heterocycles. The lowest BCUT2D eigenvalue weighted by atomic mass is 9.62. The Morgan fingerprint density at radius 1 is 1.35 bits per heavy atom. The first-order valence-corrected chi connectivity index (χ1v) is 9.72. The molecule has 5 heteroatoms. The second-order valence-electron chi connectivity index (χ2n) is 8.56. The number of amides is 1. The quantitative estimate of drug-likeness (QED) is 0.844. The Morgan fingerprint density at radius 2 is 2.15 bits per heavy atom. The molecule has 1 unspecified atom stereocenters. The van der Waals surface area contributed by atoms with E-state index >= 15 is 0 Å². The second-order valence-corrected chi connectivity index (χ2v) is 8.56. The Labute approximate surface area is 155 Å². The molecular weight excluding hydrogens is 324 g/mol. The first kappa shape index (κ1) is 17.3. The van der Waals surface area contributed by atoms with Gasteiger partial charge < -0.3 is 9.47 Å². The molecule has 1 aromatic carbocycles. The van der Waals surface area contributed by atoms with Gasteiger partial charge in [-0.15, -0.1) is 10.2 Å². The van der Waals surface area contributed by atoms with Crippen LogP contribution in [0.3, 0.4) is 0 Å². The van der Waals surface area contributed by atoms with E-state index in [0.717, 1.165) is 36.6 Å². The van der Waals surface area contributed by atoms with Crippen molar-refractivity contribution in [3.8, 4) is 0 Å². The van der Waals surface area contributed by atoms with Crippen LogP contribution in [0.1, 0.15) is 60.8 Å². The van der Waals surface area contributed by atoms with E-state index in [1.165, 1.54) is 19.3 Å². The fraction of sp³-hybridized carbons (Fsp3) is 0.571. The van der Waals surface area contributed by atoms with Gasteiger partial charge in [0, 0.05) is 31.1 Å². The molecule has 1 aromatic heterocycles. The molecule has 4 rings (SSSR count). The molecule has 1 aliphatic carbocycles. The summed E-state index contributed by atoms with van der Waals surface area (Å²) in [4.78, 5) is 15.1. The number of likely N-dealkylation sites (tertiary alicyclic amines) is 1. The van der Waals surface area contributed by atoms with Crippen molar-refractivity contribution in [2.45, 2.75) is 52.5 Å². The molecule has 26 heavy (non-hydrogen) atoms. The zero-order valence-corrected chi connectivity index (χ0v) is 16.0. The van der Waals surface area contributed by atoms with Crippen molar-refractivity contribution >= 4 is 5.91 Å². The Balaban J connectivity index is 1.61. The van der Waals surface area contributed by atoms with Crippen LogP contribution >= 0.6 is 0 Å². The van der Waals surface area contributed by atoms with Crippen molar-refractivity contribution in [3.05, 3.63) is 47.5 Å². The highest BCUT2D eigenvalue weighted by Gasteiger charge is 2.53. The van der Waals surface area contributed by atoms with Crippen molar-refractivity contribution in [3.63, 3.8) is 0 Å². The lowest BCUT2D eigenvalue weighted by Crippen LogP contribution is -2.38. The van der Waals surface area contributed by atoms with Gasteiger partial charge in [0.25, 0.3) is 5.91 Å². The van der Waals surface area contributed by atoms with E-state index in [1.54, 1.807) is 0 Å². The molecule has 1 saturated carbocycles. The zero-order valence-electron chi connectivity index (χ0n) is 16.0. The lowest BCUT2D eigenvalue weighted by Gasteiger charge is -2.42. The fourth-order valence-electron chi connectivity index (χ4n) is 4.65. The molecule has 2 aliphatic rings. The zero-order chi connectivity index (χ0) is 18.3. The predicted molar refractivity (Wildman–Crippen MR) is 101 cm³/mol. The number of rotatable bonds is 4. The SMILES string of the molecule is Cc1cccc(C(=O)N2CC(c3nncn3CC(C)C)C3(CCC3)C2)c1. The van der Waals surface area contributed by atoms with Crippen molar-refractivity contribution < 1.29 is 4.79 Å². The molecule has 138 valence electrons. The number of aryl methyl sites for hydroxylation is 1. The third-order valence-electron chi connectivity index (χ3n) is 6.07. The van der Waals surface area contributed by atoms with Gasteiger partial charge in [-0.3, -0.25) is 4.79 Å². The Bertz CT molecular complexity index is 806. The summed E-state index contributed by atoms with van der Waals surface area (Å²) in [5.74, 6) is 2.06. The molecule has 5 nitrogen and oxygen atoms in total. The van der Waals surface area contributed by atoms with Crippen molar-refractivity contribution in [2.24, 2.45) is 11.3 Å². The molecule has 2 aromatic rings. The number of carbonyl (C=O) groups excluding carboxylic acids is 1. The van der Waals surface area contributed by atoms with Crippen LogP contribution in [0.25, 0.3) is 0 Å². The van der Waals surface area contributed by atoms with Gasteiger partial charge in [-0.25, -0.2) is 0 Å². The van der Waals surface area contributed by atoms with Crippen molar-refractivity contribution in [2.75, 3.05) is 13.1 Å². The highest BCUT2D eigenvalue weighted by molar-refractivity contribution is 5.94. The number of benzene rings is 1. The summed E-state index contributed by atoms with van der Waals surface area (Å²) in [6.07, 6.45) is 5.47. The smallest absolute Gasteiger partial charge is 0.253 e. The van der Waals surface area contributed by atoms with Gasteiger partial charge in [0.15, 0.2) is 0 Å². The summed E-state index contributed by atoms with van der Waals surface area (Å²) in [5.41, 5.74) is 2.12. The van der Waals surface area contributed by atoms with Gasteiger partial charge in [0.1, 0.15) is 12.2 Å². The van der Waals surface area contributed by atoms with Gasteiger partial charge in [-0.2, -0.15) is 0 Å². The minimum absolute atomic E-state index is 0.150. The monoisotopic (exact) mass is 352 g/mol. The molecule has 1 atom stereocenters. The third-order valence-corrected chi connectivity index (χ3v) is 6.07. The molecule has 0 N–H and O–H groups in total. The van der Waals surface area contributed by atoms with Crippen LogP contribution in [-0.2, 0) is 6.54 Å². The summed E-state index contributed by atoms with van der Waals surface area (Å²) >= 11 is 0. The van der Waals surface area contributed by atoms with Gasteiger partial charge in [-0.1, -0.05) is 38.0 Å². The highest BCUT2D eigenvalue weighted by Crippen LogP contribution is 2.55. The second kappa shape index (κ2) is 6.53. The first-order chi connectivity index (χ1) is 12.5. The molecule has 0 radical (unpaired) electrons. The van der Waals surface area contributed by atoms with Gasteiger partial charge >= 0.3 is 0 Å². The maximum absolute atomic E-state index is 13.1. The Kier molecular flexibility index (Phi) is 4.33. The molecular formula is C21H28N4O. The maximum Gasteiger partial charge on any atom is 0.253 e. The summed E-state index contributed by atoms with van der Waals surface area (Å²) in [7, 11) is 0. The van der Waals surface area contributed by atoms with Gasteiger partial charge in [-0.05, 0) is 43.2 Å². The Hall–Kier alpha value is -2.17. The van der Waals surface area contributed by atoms with Crippen LogP contribution in [-0.4, -0.2) is 38.7 Å². The number of carbonyl (C=O) groups is 1. The van der Waals surface area contributed by atoms with Crippen molar-refractivity contribution in [1.82, 2.24) is 19.7 Å². The number of hydrogen-bond acceptors (Lipinski definition) is 3. The first-order valence-electron chi connectivity index (χ1n) is 9.72. The summed E-state index contributed by atoms with van der Waals surface area (Å²) in [5, 5.41) is 8.68. The number of nitrogens with zero attached hydrogens (tertiary/aromatic N) is 4. The Morgan fingerprint density at radius 3 is 2.81 bits per heavy atom. The van der Waals surface area contributed by atoms with E-state index in [1.807, 2.05) is 42.4 Å². The van der Waals surface area contributed by atoms with E-state index in [9.17, 15) is 4.79 Å². The average Bonchev–Trinajstić information content (AvgIpc) is 3.17. The highest BCUT2D eigenvalue weighted by atomic mass is 16.2. The van der Waals surface area contributed by atoms with Crippen LogP contribution in [0, 0.1) is 18.3 Å². The van der Waals surface area contributed by atoms with Crippen LogP contribution in [0.2, 0.25) is 0 Å². The predicted octanol–water partition coefficient (Wildman–Crippen LogP) is 3.65. The molecule has 1 spiro atoms. The summed E-state index contributed by atoms with van der Waals surface area (Å²) in [6.45, 7) is 8.99.